The third-order valence-electron chi connectivity index (χ3n) is 4.68. The van der Waals surface area contributed by atoms with Crippen LogP contribution in [0.25, 0.3) is 0 Å². The molecular formula is C16H29N. The molecule has 0 bridgehead atoms. The van der Waals surface area contributed by atoms with E-state index in [-0.39, 0.29) is 0 Å². The highest BCUT2D eigenvalue weighted by Crippen LogP contribution is 2.29. The van der Waals surface area contributed by atoms with Gasteiger partial charge < -0.3 is 5.32 Å². The second-order valence-corrected chi connectivity index (χ2v) is 6.41. The molecule has 0 spiro atoms. The van der Waals surface area contributed by atoms with E-state index in [1.54, 1.807) is 0 Å². The van der Waals surface area contributed by atoms with E-state index < -0.39 is 0 Å². The van der Waals surface area contributed by atoms with Gasteiger partial charge in [-0.25, -0.2) is 0 Å². The topological polar surface area (TPSA) is 12.0 Å². The minimum atomic E-state index is 0.724. The molecule has 0 heterocycles. The summed E-state index contributed by atoms with van der Waals surface area (Å²) in [6.07, 6.45) is 13.9. The summed E-state index contributed by atoms with van der Waals surface area (Å²) in [5.74, 6) is 1.87. The van der Waals surface area contributed by atoms with E-state index in [1.165, 1.54) is 69.9 Å². The van der Waals surface area contributed by atoms with Gasteiger partial charge in [-0.05, 0) is 43.9 Å². The van der Waals surface area contributed by atoms with E-state index in [1.807, 2.05) is 0 Å². The smallest absolute Gasteiger partial charge is 0.0258 e. The number of hydrogen-bond acceptors (Lipinski definition) is 1. The van der Waals surface area contributed by atoms with Crippen molar-refractivity contribution in [2.24, 2.45) is 11.8 Å². The molecule has 1 heteroatoms. The lowest BCUT2D eigenvalue weighted by Gasteiger charge is -2.30. The highest BCUT2D eigenvalue weighted by Gasteiger charge is 2.19. The van der Waals surface area contributed by atoms with Gasteiger partial charge in [0.2, 0.25) is 0 Å². The van der Waals surface area contributed by atoms with Gasteiger partial charge in [0, 0.05) is 11.7 Å². The molecule has 0 aromatic rings. The van der Waals surface area contributed by atoms with Crippen molar-refractivity contribution >= 4 is 0 Å². The first-order valence-corrected chi connectivity index (χ1v) is 7.68. The minimum absolute atomic E-state index is 0.724. The molecule has 1 nitrogen and oxygen atoms in total. The van der Waals surface area contributed by atoms with Gasteiger partial charge in [0.25, 0.3) is 0 Å². The summed E-state index contributed by atoms with van der Waals surface area (Å²) in [5, 5.41) is 3.69. The normalized spacial score (nSPS) is 31.1. The number of hydrogen-bond donors (Lipinski definition) is 1. The summed E-state index contributed by atoms with van der Waals surface area (Å²) in [6.45, 7) is 6.63. The molecular weight excluding hydrogens is 206 g/mol. The Morgan fingerprint density at radius 2 is 1.65 bits per heavy atom. The lowest BCUT2D eigenvalue weighted by atomic mass is 9.85. The SMILES string of the molecule is C=C(CC1CCCCC1)NC1CCC(C)CC1. The Morgan fingerprint density at radius 3 is 2.29 bits per heavy atom. The fourth-order valence-electron chi connectivity index (χ4n) is 3.49. The lowest BCUT2D eigenvalue weighted by Crippen LogP contribution is -2.32. The summed E-state index contributed by atoms with van der Waals surface area (Å²) in [5.41, 5.74) is 1.32. The standard InChI is InChI=1S/C16H29N/c1-13-8-10-16(11-9-13)17-14(2)12-15-6-4-3-5-7-15/h13,15-17H,2-12H2,1H3. The molecule has 2 rings (SSSR count). The average Bonchev–Trinajstić information content (AvgIpc) is 2.33. The fourth-order valence-corrected chi connectivity index (χ4v) is 3.49. The zero-order chi connectivity index (χ0) is 12.1. The van der Waals surface area contributed by atoms with Crippen LogP contribution in [0.15, 0.2) is 12.3 Å². The van der Waals surface area contributed by atoms with Crippen molar-refractivity contribution in [3.63, 3.8) is 0 Å². The molecule has 0 aromatic heterocycles. The summed E-state index contributed by atoms with van der Waals surface area (Å²) in [7, 11) is 0. The second-order valence-electron chi connectivity index (χ2n) is 6.41. The molecule has 0 aromatic carbocycles. The van der Waals surface area contributed by atoms with E-state index in [9.17, 15) is 0 Å². The zero-order valence-electron chi connectivity index (χ0n) is 11.5. The monoisotopic (exact) mass is 235 g/mol. The Labute approximate surface area is 107 Å². The van der Waals surface area contributed by atoms with Gasteiger partial charge in [-0.2, -0.15) is 0 Å². The van der Waals surface area contributed by atoms with Gasteiger partial charge in [0.1, 0.15) is 0 Å². The van der Waals surface area contributed by atoms with Crippen molar-refractivity contribution in [3.8, 4) is 0 Å². The Bertz CT molecular complexity index is 232. The van der Waals surface area contributed by atoms with Crippen LogP contribution < -0.4 is 5.32 Å². The van der Waals surface area contributed by atoms with Crippen LogP contribution >= 0.6 is 0 Å². The molecule has 0 atom stereocenters. The molecule has 17 heavy (non-hydrogen) atoms. The molecule has 0 amide bonds. The van der Waals surface area contributed by atoms with Crippen LogP contribution in [-0.4, -0.2) is 6.04 Å². The maximum absolute atomic E-state index is 4.25. The van der Waals surface area contributed by atoms with Gasteiger partial charge in [-0.15, -0.1) is 0 Å². The molecule has 0 unspecified atom stereocenters. The molecule has 2 saturated carbocycles. The van der Waals surface area contributed by atoms with Crippen LogP contribution in [0.5, 0.6) is 0 Å². The highest BCUT2D eigenvalue weighted by atomic mass is 14.9. The van der Waals surface area contributed by atoms with Gasteiger partial charge in [0.15, 0.2) is 0 Å². The molecule has 2 fully saturated rings. The van der Waals surface area contributed by atoms with Crippen LogP contribution in [0.3, 0.4) is 0 Å². The first-order valence-electron chi connectivity index (χ1n) is 7.68. The fraction of sp³-hybridized carbons (Fsp3) is 0.875. The molecule has 0 radical (unpaired) electrons. The Balaban J connectivity index is 1.66. The largest absolute Gasteiger partial charge is 0.386 e. The molecule has 98 valence electrons. The van der Waals surface area contributed by atoms with Crippen LogP contribution in [-0.2, 0) is 0 Å². The maximum Gasteiger partial charge on any atom is 0.0258 e. The average molecular weight is 235 g/mol. The molecule has 0 saturated heterocycles. The molecule has 0 aliphatic heterocycles. The summed E-state index contributed by atoms with van der Waals surface area (Å²) in [4.78, 5) is 0. The Morgan fingerprint density at radius 1 is 1.00 bits per heavy atom. The van der Waals surface area contributed by atoms with Crippen molar-refractivity contribution in [1.82, 2.24) is 5.32 Å². The first kappa shape index (κ1) is 13.0. The third kappa shape index (κ3) is 4.37. The van der Waals surface area contributed by atoms with E-state index in [0.29, 0.717) is 0 Å². The summed E-state index contributed by atoms with van der Waals surface area (Å²) < 4.78 is 0. The van der Waals surface area contributed by atoms with E-state index in [4.69, 9.17) is 0 Å². The number of rotatable bonds is 4. The minimum Gasteiger partial charge on any atom is -0.386 e. The molecule has 2 aliphatic carbocycles. The maximum atomic E-state index is 4.25. The van der Waals surface area contributed by atoms with Crippen LogP contribution in [0, 0.1) is 11.8 Å². The van der Waals surface area contributed by atoms with Crippen molar-refractivity contribution in [3.05, 3.63) is 12.3 Å². The first-order chi connectivity index (χ1) is 8.24. The summed E-state index contributed by atoms with van der Waals surface area (Å²) >= 11 is 0. The van der Waals surface area contributed by atoms with Crippen molar-refractivity contribution < 1.29 is 0 Å². The highest BCUT2D eigenvalue weighted by molar-refractivity contribution is 4.97. The van der Waals surface area contributed by atoms with Crippen LogP contribution in [0.1, 0.15) is 71.1 Å². The Kier molecular flexibility index (Phi) is 4.94. The van der Waals surface area contributed by atoms with Gasteiger partial charge >= 0.3 is 0 Å². The predicted molar refractivity (Wildman–Crippen MR) is 74.9 cm³/mol. The summed E-state index contributed by atoms with van der Waals surface area (Å²) in [6, 6.07) is 0.724. The van der Waals surface area contributed by atoms with Gasteiger partial charge in [-0.1, -0.05) is 45.6 Å². The van der Waals surface area contributed by atoms with Gasteiger partial charge in [-0.3, -0.25) is 0 Å². The second kappa shape index (κ2) is 6.47. The van der Waals surface area contributed by atoms with E-state index in [0.717, 1.165) is 17.9 Å². The van der Waals surface area contributed by atoms with E-state index >= 15 is 0 Å². The molecule has 2 aliphatic rings. The van der Waals surface area contributed by atoms with Crippen molar-refractivity contribution in [2.75, 3.05) is 0 Å². The van der Waals surface area contributed by atoms with Crippen LogP contribution in [0.4, 0.5) is 0 Å². The Hall–Kier alpha value is -0.460. The quantitative estimate of drug-likeness (QED) is 0.748. The van der Waals surface area contributed by atoms with Gasteiger partial charge in [0.05, 0.1) is 0 Å². The van der Waals surface area contributed by atoms with Crippen molar-refractivity contribution in [2.45, 2.75) is 77.2 Å². The number of allylic oxidation sites excluding steroid dienone is 1. The van der Waals surface area contributed by atoms with Crippen molar-refractivity contribution in [1.29, 1.82) is 0 Å². The molecule has 1 N–H and O–H groups in total. The zero-order valence-corrected chi connectivity index (χ0v) is 11.5. The predicted octanol–water partition coefficient (Wildman–Crippen LogP) is 4.64. The van der Waals surface area contributed by atoms with Crippen LogP contribution in [0.2, 0.25) is 0 Å². The number of nitrogens with one attached hydrogen (secondary N) is 1. The lowest BCUT2D eigenvalue weighted by molar-refractivity contribution is 0.306. The van der Waals surface area contributed by atoms with E-state index in [2.05, 4.69) is 18.8 Å². The third-order valence-corrected chi connectivity index (χ3v) is 4.68.